The van der Waals surface area contributed by atoms with E-state index in [9.17, 15) is 4.79 Å². The number of nitrogens with zero attached hydrogens (tertiary/aromatic N) is 3. The number of nitrogens with one attached hydrogen (secondary N) is 1. The van der Waals surface area contributed by atoms with Gasteiger partial charge in [-0.3, -0.25) is 9.20 Å². The number of aromatic nitrogens is 2. The highest BCUT2D eigenvalue weighted by Crippen LogP contribution is 2.11. The van der Waals surface area contributed by atoms with Crippen LogP contribution in [0.2, 0.25) is 0 Å². The van der Waals surface area contributed by atoms with Crippen molar-refractivity contribution in [1.29, 1.82) is 0 Å². The van der Waals surface area contributed by atoms with Crippen LogP contribution in [-0.2, 0) is 0 Å². The smallest absolute Gasteiger partial charge is 0.290 e. The lowest BCUT2D eigenvalue weighted by Gasteiger charge is -2.03. The summed E-state index contributed by atoms with van der Waals surface area (Å²) in [6.07, 6.45) is 4.94. The van der Waals surface area contributed by atoms with E-state index in [0.29, 0.717) is 11.4 Å². The fourth-order valence-corrected chi connectivity index (χ4v) is 2.07. The van der Waals surface area contributed by atoms with Gasteiger partial charge in [0.1, 0.15) is 11.3 Å². The number of hydrogen-bond donors (Lipinski definition) is 1. The average molecular weight is 272 g/mol. The van der Waals surface area contributed by atoms with Crippen molar-refractivity contribution < 1.29 is 4.79 Å². The van der Waals surface area contributed by atoms with Gasteiger partial charge in [-0.1, -0.05) is 19.4 Å². The molecule has 106 valence electrons. The predicted molar refractivity (Wildman–Crippen MR) is 80.0 cm³/mol. The number of carbonyl (C=O) groups excluding carboxylic acids is 1. The van der Waals surface area contributed by atoms with E-state index >= 15 is 0 Å². The van der Waals surface area contributed by atoms with E-state index in [-0.39, 0.29) is 5.91 Å². The molecule has 0 spiro atoms. The molecule has 0 saturated carbocycles. The van der Waals surface area contributed by atoms with E-state index in [0.717, 1.165) is 30.6 Å². The number of unbranched alkanes of at least 4 members (excludes halogenated alkanes) is 1. The van der Waals surface area contributed by atoms with Gasteiger partial charge in [-0.05, 0) is 38.8 Å². The van der Waals surface area contributed by atoms with Gasteiger partial charge in [0.15, 0.2) is 0 Å². The molecule has 5 heteroatoms. The molecule has 0 atom stereocenters. The van der Waals surface area contributed by atoms with Gasteiger partial charge >= 0.3 is 0 Å². The fraction of sp³-hybridized carbons (Fsp3) is 0.400. The topological polar surface area (TPSA) is 58.8 Å². The van der Waals surface area contributed by atoms with E-state index in [2.05, 4.69) is 22.4 Å². The molecule has 0 radical (unpaired) electrons. The van der Waals surface area contributed by atoms with Crippen LogP contribution in [0.15, 0.2) is 29.5 Å². The molecular formula is C15H20N4O. The Balaban J connectivity index is 2.17. The number of aryl methyl sites for hydroxylation is 1. The summed E-state index contributed by atoms with van der Waals surface area (Å²) in [6.45, 7) is 5.89. The average Bonchev–Trinajstić information content (AvgIpc) is 2.78. The molecule has 1 amide bonds. The highest BCUT2D eigenvalue weighted by Gasteiger charge is 2.15. The number of rotatable bonds is 5. The number of imidazole rings is 1. The van der Waals surface area contributed by atoms with Crippen LogP contribution >= 0.6 is 0 Å². The van der Waals surface area contributed by atoms with Crippen LogP contribution in [0.3, 0.4) is 0 Å². The van der Waals surface area contributed by atoms with Crippen molar-refractivity contribution in [2.45, 2.75) is 40.0 Å². The highest BCUT2D eigenvalue weighted by molar-refractivity contribution is 5.95. The van der Waals surface area contributed by atoms with E-state index < -0.39 is 0 Å². The summed E-state index contributed by atoms with van der Waals surface area (Å²) in [7, 11) is 0. The summed E-state index contributed by atoms with van der Waals surface area (Å²) >= 11 is 0. The number of amides is 1. The molecule has 2 rings (SSSR count). The minimum absolute atomic E-state index is 0.225. The minimum atomic E-state index is -0.225. The van der Waals surface area contributed by atoms with Gasteiger partial charge in [0.2, 0.25) is 0 Å². The minimum Gasteiger partial charge on any atom is -0.295 e. The van der Waals surface area contributed by atoms with Gasteiger partial charge in [0.25, 0.3) is 5.91 Å². The molecular weight excluding hydrogens is 252 g/mol. The third kappa shape index (κ3) is 3.04. The molecule has 0 bridgehead atoms. The van der Waals surface area contributed by atoms with E-state index in [1.807, 2.05) is 38.2 Å². The Morgan fingerprint density at radius 3 is 3.00 bits per heavy atom. The molecule has 5 nitrogen and oxygen atoms in total. The predicted octanol–water partition coefficient (Wildman–Crippen LogP) is 2.94. The normalized spacial score (nSPS) is 11.8. The van der Waals surface area contributed by atoms with Crippen LogP contribution in [0.4, 0.5) is 0 Å². The summed E-state index contributed by atoms with van der Waals surface area (Å²) in [5.41, 5.74) is 5.56. The molecule has 0 aliphatic heterocycles. The van der Waals surface area contributed by atoms with Crippen molar-refractivity contribution in [1.82, 2.24) is 14.8 Å². The van der Waals surface area contributed by atoms with Crippen molar-refractivity contribution in [2.75, 3.05) is 0 Å². The van der Waals surface area contributed by atoms with Crippen LogP contribution in [0.5, 0.6) is 0 Å². The third-order valence-corrected chi connectivity index (χ3v) is 3.16. The van der Waals surface area contributed by atoms with Crippen molar-refractivity contribution in [2.24, 2.45) is 5.10 Å². The molecule has 0 aliphatic rings. The van der Waals surface area contributed by atoms with Crippen molar-refractivity contribution in [3.8, 4) is 0 Å². The number of pyridine rings is 1. The number of hydrazone groups is 1. The maximum absolute atomic E-state index is 12.2. The Morgan fingerprint density at radius 1 is 1.45 bits per heavy atom. The molecule has 0 aliphatic carbocycles. The second-order valence-electron chi connectivity index (χ2n) is 4.87. The monoisotopic (exact) mass is 272 g/mol. The molecule has 2 heterocycles. The standard InChI is InChI=1S/C15H20N4O/c1-4-5-8-11(2)17-18-15(20)14-12(3)16-13-9-6-7-10-19(13)14/h6-7,9-10H,4-5,8H2,1-3H3,(H,18,20). The lowest BCUT2D eigenvalue weighted by Crippen LogP contribution is -2.21. The zero-order chi connectivity index (χ0) is 14.5. The summed E-state index contributed by atoms with van der Waals surface area (Å²) in [6, 6.07) is 5.65. The highest BCUT2D eigenvalue weighted by atomic mass is 16.2. The Morgan fingerprint density at radius 2 is 2.25 bits per heavy atom. The van der Waals surface area contributed by atoms with Crippen LogP contribution in [0.25, 0.3) is 5.65 Å². The Kier molecular flexibility index (Phi) is 4.50. The quantitative estimate of drug-likeness (QED) is 0.672. The van der Waals surface area contributed by atoms with Crippen LogP contribution in [0, 0.1) is 6.92 Å². The Bertz CT molecular complexity index is 642. The lowest BCUT2D eigenvalue weighted by molar-refractivity contribution is 0.0948. The third-order valence-electron chi connectivity index (χ3n) is 3.16. The first-order valence-electron chi connectivity index (χ1n) is 6.90. The number of carbonyl (C=O) groups is 1. The van der Waals surface area contributed by atoms with Crippen molar-refractivity contribution in [3.05, 3.63) is 35.8 Å². The van der Waals surface area contributed by atoms with Gasteiger partial charge in [0, 0.05) is 11.9 Å². The Hall–Kier alpha value is -2.17. The lowest BCUT2D eigenvalue weighted by atomic mass is 10.2. The maximum atomic E-state index is 12.2. The van der Waals surface area contributed by atoms with Crippen LogP contribution in [0.1, 0.15) is 49.3 Å². The first-order valence-corrected chi connectivity index (χ1v) is 6.90. The SMILES string of the molecule is CCCCC(C)=NNC(=O)c1c(C)nc2ccccn12. The van der Waals surface area contributed by atoms with Gasteiger partial charge in [-0.2, -0.15) is 5.10 Å². The largest absolute Gasteiger partial charge is 0.295 e. The summed E-state index contributed by atoms with van der Waals surface area (Å²) < 4.78 is 1.78. The van der Waals surface area contributed by atoms with Gasteiger partial charge in [-0.15, -0.1) is 0 Å². The first kappa shape index (κ1) is 14.2. The molecule has 0 saturated heterocycles. The molecule has 0 fully saturated rings. The second-order valence-corrected chi connectivity index (χ2v) is 4.87. The van der Waals surface area contributed by atoms with Crippen molar-refractivity contribution >= 4 is 17.3 Å². The molecule has 2 aromatic heterocycles. The summed E-state index contributed by atoms with van der Waals surface area (Å²) in [4.78, 5) is 16.6. The first-order chi connectivity index (χ1) is 9.63. The maximum Gasteiger partial charge on any atom is 0.290 e. The van der Waals surface area contributed by atoms with Crippen molar-refractivity contribution in [3.63, 3.8) is 0 Å². The second kappa shape index (κ2) is 6.32. The van der Waals surface area contributed by atoms with E-state index in [1.54, 1.807) is 4.40 Å². The number of fused-ring (bicyclic) bond motifs is 1. The Labute approximate surface area is 118 Å². The van der Waals surface area contributed by atoms with Crippen LogP contribution < -0.4 is 5.43 Å². The van der Waals surface area contributed by atoms with Crippen LogP contribution in [-0.4, -0.2) is 21.0 Å². The summed E-state index contributed by atoms with van der Waals surface area (Å²) in [5, 5.41) is 4.14. The molecule has 1 N–H and O–H groups in total. The molecule has 0 aromatic carbocycles. The van der Waals surface area contributed by atoms with E-state index in [1.165, 1.54) is 0 Å². The number of hydrogen-bond acceptors (Lipinski definition) is 3. The molecule has 0 unspecified atom stereocenters. The summed E-state index contributed by atoms with van der Waals surface area (Å²) in [5.74, 6) is -0.225. The molecule has 2 aromatic rings. The van der Waals surface area contributed by atoms with E-state index in [4.69, 9.17) is 0 Å². The molecule has 20 heavy (non-hydrogen) atoms. The zero-order valence-electron chi connectivity index (χ0n) is 12.2. The zero-order valence-corrected chi connectivity index (χ0v) is 12.2. The van der Waals surface area contributed by atoms with Gasteiger partial charge in [0.05, 0.1) is 5.69 Å². The fourth-order valence-electron chi connectivity index (χ4n) is 2.07. The van der Waals surface area contributed by atoms with Gasteiger partial charge in [-0.25, -0.2) is 10.4 Å². The van der Waals surface area contributed by atoms with Gasteiger partial charge < -0.3 is 0 Å².